The lowest BCUT2D eigenvalue weighted by Crippen LogP contribution is -2.39. The number of benzene rings is 1. The highest BCUT2D eigenvalue weighted by Gasteiger charge is 2.20. The molecule has 0 aromatic heterocycles. The summed E-state index contributed by atoms with van der Waals surface area (Å²) in [5.74, 6) is 0.833. The van der Waals surface area contributed by atoms with Crippen LogP contribution in [0.25, 0.3) is 0 Å². The fourth-order valence-electron chi connectivity index (χ4n) is 2.43. The molecule has 1 atom stereocenters. The summed E-state index contributed by atoms with van der Waals surface area (Å²) in [7, 11) is 0. The van der Waals surface area contributed by atoms with E-state index in [0.29, 0.717) is 24.2 Å². The van der Waals surface area contributed by atoms with E-state index in [1.807, 2.05) is 24.3 Å². The van der Waals surface area contributed by atoms with Crippen LogP contribution in [0, 0.1) is 0 Å². The third-order valence-electron chi connectivity index (χ3n) is 3.45. The van der Waals surface area contributed by atoms with Crippen LogP contribution in [0.2, 0.25) is 5.02 Å². The second kappa shape index (κ2) is 6.98. The predicted octanol–water partition coefficient (Wildman–Crippen LogP) is 2.53. The van der Waals surface area contributed by atoms with Crippen molar-refractivity contribution in [3.05, 3.63) is 29.3 Å². The second-order valence-electron chi connectivity index (χ2n) is 4.73. The molecule has 1 aliphatic heterocycles. The minimum absolute atomic E-state index is 0.451. The Labute approximate surface area is 114 Å². The Balaban J connectivity index is 1.76. The smallest absolute Gasteiger partial charge is 0.120 e. The van der Waals surface area contributed by atoms with E-state index in [4.69, 9.17) is 22.1 Å². The predicted molar refractivity (Wildman–Crippen MR) is 75.2 cm³/mol. The normalized spacial score (nSPS) is 17.9. The third kappa shape index (κ3) is 3.87. The molecule has 0 amide bonds. The number of hydrogen-bond donors (Lipinski definition) is 1. The molecule has 1 fully saturated rings. The molecule has 1 aromatic rings. The van der Waals surface area contributed by atoms with Crippen LogP contribution in [0.15, 0.2) is 24.3 Å². The summed E-state index contributed by atoms with van der Waals surface area (Å²) in [5.41, 5.74) is 5.84. The van der Waals surface area contributed by atoms with Gasteiger partial charge in [0.25, 0.3) is 0 Å². The van der Waals surface area contributed by atoms with E-state index in [0.717, 1.165) is 12.2 Å². The van der Waals surface area contributed by atoms with Gasteiger partial charge in [-0.15, -0.1) is 0 Å². The molecule has 0 saturated carbocycles. The van der Waals surface area contributed by atoms with E-state index in [2.05, 4.69) is 4.90 Å². The molecule has 18 heavy (non-hydrogen) atoms. The Morgan fingerprint density at radius 1 is 1.33 bits per heavy atom. The highest BCUT2D eigenvalue weighted by Crippen LogP contribution is 2.18. The van der Waals surface area contributed by atoms with Crippen LogP contribution in [0.1, 0.15) is 19.3 Å². The maximum atomic E-state index is 5.91. The van der Waals surface area contributed by atoms with Crippen molar-refractivity contribution in [2.45, 2.75) is 25.3 Å². The summed E-state index contributed by atoms with van der Waals surface area (Å²) in [5, 5.41) is 0.711. The minimum Gasteiger partial charge on any atom is -0.493 e. The van der Waals surface area contributed by atoms with Crippen LogP contribution >= 0.6 is 11.6 Å². The Morgan fingerprint density at radius 3 is 2.78 bits per heavy atom. The summed E-state index contributed by atoms with van der Waals surface area (Å²) in [4.78, 5) is 2.47. The fourth-order valence-corrected chi connectivity index (χ4v) is 2.61. The fraction of sp³-hybridized carbons (Fsp3) is 0.571. The maximum Gasteiger partial charge on any atom is 0.120 e. The van der Waals surface area contributed by atoms with Crippen LogP contribution in [0.5, 0.6) is 5.75 Å². The van der Waals surface area contributed by atoms with Gasteiger partial charge in [-0.1, -0.05) is 17.7 Å². The zero-order valence-corrected chi connectivity index (χ0v) is 11.4. The topological polar surface area (TPSA) is 38.5 Å². The Kier molecular flexibility index (Phi) is 5.29. The largest absolute Gasteiger partial charge is 0.493 e. The molecule has 0 bridgehead atoms. The first-order chi connectivity index (χ1) is 8.79. The highest BCUT2D eigenvalue weighted by molar-refractivity contribution is 6.30. The van der Waals surface area contributed by atoms with Crippen molar-refractivity contribution in [1.29, 1.82) is 0 Å². The number of nitrogens with two attached hydrogens (primary N) is 1. The van der Waals surface area contributed by atoms with Crippen molar-refractivity contribution in [2.24, 2.45) is 5.73 Å². The standard InChI is InChI=1S/C14H21ClN2O/c15-12-4-3-5-14(10-12)18-9-6-13(11-16)17-7-1-2-8-17/h3-5,10,13H,1-2,6-9,11,16H2. The number of nitrogens with zero attached hydrogens (tertiary/aromatic N) is 1. The quantitative estimate of drug-likeness (QED) is 0.862. The number of halogens is 1. The summed E-state index contributed by atoms with van der Waals surface area (Å²) in [6.07, 6.45) is 3.57. The van der Waals surface area contributed by atoms with E-state index < -0.39 is 0 Å². The first-order valence-electron chi connectivity index (χ1n) is 6.62. The van der Waals surface area contributed by atoms with E-state index in [-0.39, 0.29) is 0 Å². The van der Waals surface area contributed by atoms with Gasteiger partial charge < -0.3 is 10.5 Å². The molecule has 1 aliphatic rings. The second-order valence-corrected chi connectivity index (χ2v) is 5.16. The molecule has 2 rings (SSSR count). The molecule has 100 valence electrons. The average molecular weight is 269 g/mol. The molecular weight excluding hydrogens is 248 g/mol. The minimum atomic E-state index is 0.451. The highest BCUT2D eigenvalue weighted by atomic mass is 35.5. The number of ether oxygens (including phenoxy) is 1. The summed E-state index contributed by atoms with van der Waals surface area (Å²) < 4.78 is 5.71. The molecular formula is C14H21ClN2O. The first-order valence-corrected chi connectivity index (χ1v) is 7.00. The molecule has 0 spiro atoms. The van der Waals surface area contributed by atoms with Crippen LogP contribution < -0.4 is 10.5 Å². The Morgan fingerprint density at radius 2 is 2.11 bits per heavy atom. The molecule has 1 unspecified atom stereocenters. The molecule has 0 aliphatic carbocycles. The molecule has 2 N–H and O–H groups in total. The van der Waals surface area contributed by atoms with Crippen LogP contribution in [-0.2, 0) is 0 Å². The maximum absolute atomic E-state index is 5.91. The molecule has 1 aromatic carbocycles. The molecule has 1 heterocycles. The summed E-state index contributed by atoms with van der Waals surface area (Å²) >= 11 is 5.91. The summed E-state index contributed by atoms with van der Waals surface area (Å²) in [6.45, 7) is 3.76. The Bertz CT molecular complexity index is 367. The third-order valence-corrected chi connectivity index (χ3v) is 3.68. The van der Waals surface area contributed by atoms with Gasteiger partial charge in [-0.3, -0.25) is 4.90 Å². The SMILES string of the molecule is NCC(CCOc1cccc(Cl)c1)N1CCCC1. The molecule has 0 radical (unpaired) electrons. The van der Waals surface area contributed by atoms with Crippen molar-refractivity contribution in [2.75, 3.05) is 26.2 Å². The van der Waals surface area contributed by atoms with E-state index in [1.54, 1.807) is 0 Å². The van der Waals surface area contributed by atoms with Gasteiger partial charge in [0.2, 0.25) is 0 Å². The number of hydrogen-bond acceptors (Lipinski definition) is 3. The van der Waals surface area contributed by atoms with Crippen LogP contribution in [0.3, 0.4) is 0 Å². The van der Waals surface area contributed by atoms with Crippen LogP contribution in [0.4, 0.5) is 0 Å². The van der Waals surface area contributed by atoms with Gasteiger partial charge in [0, 0.05) is 17.6 Å². The van der Waals surface area contributed by atoms with Gasteiger partial charge in [0.15, 0.2) is 0 Å². The van der Waals surface area contributed by atoms with E-state index in [1.165, 1.54) is 25.9 Å². The monoisotopic (exact) mass is 268 g/mol. The average Bonchev–Trinajstić information content (AvgIpc) is 2.88. The van der Waals surface area contributed by atoms with Gasteiger partial charge in [0.1, 0.15) is 5.75 Å². The van der Waals surface area contributed by atoms with Crippen molar-refractivity contribution < 1.29 is 4.74 Å². The van der Waals surface area contributed by atoms with Crippen molar-refractivity contribution in [3.63, 3.8) is 0 Å². The molecule has 3 nitrogen and oxygen atoms in total. The Hall–Kier alpha value is -0.770. The van der Waals surface area contributed by atoms with Gasteiger partial charge in [-0.05, 0) is 50.6 Å². The van der Waals surface area contributed by atoms with Crippen LogP contribution in [-0.4, -0.2) is 37.2 Å². The lowest BCUT2D eigenvalue weighted by Gasteiger charge is -2.26. The van der Waals surface area contributed by atoms with Gasteiger partial charge in [0.05, 0.1) is 6.61 Å². The zero-order chi connectivity index (χ0) is 12.8. The number of likely N-dealkylation sites (tertiary alicyclic amines) is 1. The van der Waals surface area contributed by atoms with Gasteiger partial charge in [-0.25, -0.2) is 0 Å². The van der Waals surface area contributed by atoms with Crippen molar-refractivity contribution >= 4 is 11.6 Å². The van der Waals surface area contributed by atoms with Gasteiger partial charge in [-0.2, -0.15) is 0 Å². The van der Waals surface area contributed by atoms with E-state index in [9.17, 15) is 0 Å². The molecule has 1 saturated heterocycles. The van der Waals surface area contributed by atoms with Gasteiger partial charge >= 0.3 is 0 Å². The molecule has 4 heteroatoms. The lowest BCUT2D eigenvalue weighted by atomic mass is 10.2. The zero-order valence-electron chi connectivity index (χ0n) is 10.6. The number of rotatable bonds is 6. The van der Waals surface area contributed by atoms with Crippen molar-refractivity contribution in [3.8, 4) is 5.75 Å². The van der Waals surface area contributed by atoms with E-state index >= 15 is 0 Å². The lowest BCUT2D eigenvalue weighted by molar-refractivity contribution is 0.197. The van der Waals surface area contributed by atoms with Crippen molar-refractivity contribution in [1.82, 2.24) is 4.90 Å². The summed E-state index contributed by atoms with van der Waals surface area (Å²) in [6, 6.07) is 7.97. The first kappa shape index (κ1) is 13.7.